The number of nitrogens with zero attached hydrogens (tertiary/aromatic N) is 1. The van der Waals surface area contributed by atoms with Gasteiger partial charge in [-0.05, 0) is 37.8 Å². The van der Waals surface area contributed by atoms with Gasteiger partial charge in [-0.2, -0.15) is 13.2 Å². The molecule has 0 amide bonds. The van der Waals surface area contributed by atoms with Gasteiger partial charge in [0.25, 0.3) is 0 Å². The summed E-state index contributed by atoms with van der Waals surface area (Å²) in [6, 6.07) is 3.07. The lowest BCUT2D eigenvalue weighted by molar-refractivity contribution is -0.182. The summed E-state index contributed by atoms with van der Waals surface area (Å²) in [5.41, 5.74) is 0.290. The van der Waals surface area contributed by atoms with E-state index in [1.54, 1.807) is 12.1 Å². The summed E-state index contributed by atoms with van der Waals surface area (Å²) in [4.78, 5) is 15.7. The van der Waals surface area contributed by atoms with Crippen molar-refractivity contribution >= 4 is 11.8 Å². The average Bonchev–Trinajstić information content (AvgIpc) is 2.46. The number of aromatic nitrogens is 1. The molecular weight excluding hydrogens is 285 g/mol. The molecule has 1 fully saturated rings. The molecule has 0 saturated heterocycles. The lowest BCUT2D eigenvalue weighted by Crippen LogP contribution is -2.33. The first-order valence-corrected chi connectivity index (χ1v) is 6.78. The van der Waals surface area contributed by atoms with E-state index in [9.17, 15) is 18.0 Å². The largest absolute Gasteiger partial charge is 0.465 e. The molecular formula is C14H17F3N2O2. The minimum atomic E-state index is -4.12. The summed E-state index contributed by atoms with van der Waals surface area (Å²) in [7, 11) is 1.27. The van der Waals surface area contributed by atoms with E-state index in [-0.39, 0.29) is 24.4 Å². The standard InChI is InChI=1S/C14H17F3N2O2/c1-21-13(20)11-3-2-8-18-12(11)19-10-6-4-9(5-7-10)14(15,16)17/h2-3,8-10H,4-7H2,1H3,(H,18,19). The summed E-state index contributed by atoms with van der Waals surface area (Å²) in [6.07, 6.45) is -1.59. The molecule has 1 aliphatic rings. The second kappa shape index (κ2) is 6.32. The quantitative estimate of drug-likeness (QED) is 0.869. The molecule has 0 spiro atoms. The van der Waals surface area contributed by atoms with Crippen LogP contribution in [-0.4, -0.2) is 30.3 Å². The predicted octanol–water partition coefficient (Wildman–Crippen LogP) is 3.40. The van der Waals surface area contributed by atoms with Crippen LogP contribution < -0.4 is 5.32 Å². The lowest BCUT2D eigenvalue weighted by Gasteiger charge is -2.30. The Labute approximate surface area is 120 Å². The summed E-state index contributed by atoms with van der Waals surface area (Å²) in [5, 5.41) is 3.06. The maximum Gasteiger partial charge on any atom is 0.391 e. The van der Waals surface area contributed by atoms with Gasteiger partial charge < -0.3 is 10.1 Å². The van der Waals surface area contributed by atoms with Crippen LogP contribution in [0.5, 0.6) is 0 Å². The molecule has 1 aromatic rings. The van der Waals surface area contributed by atoms with Crippen LogP contribution in [0.4, 0.5) is 19.0 Å². The van der Waals surface area contributed by atoms with Gasteiger partial charge in [0.2, 0.25) is 0 Å². The van der Waals surface area contributed by atoms with Crippen molar-refractivity contribution in [1.82, 2.24) is 4.98 Å². The van der Waals surface area contributed by atoms with Crippen LogP contribution in [0.3, 0.4) is 0 Å². The molecule has 1 aromatic heterocycles. The Morgan fingerprint density at radius 2 is 2.00 bits per heavy atom. The molecule has 1 heterocycles. The first-order valence-electron chi connectivity index (χ1n) is 6.78. The Morgan fingerprint density at radius 1 is 1.33 bits per heavy atom. The molecule has 1 saturated carbocycles. The highest BCUT2D eigenvalue weighted by atomic mass is 19.4. The number of pyridine rings is 1. The number of halogens is 3. The first kappa shape index (κ1) is 15.6. The number of rotatable bonds is 3. The fraction of sp³-hybridized carbons (Fsp3) is 0.571. The summed E-state index contributed by atoms with van der Waals surface area (Å²) >= 11 is 0. The Morgan fingerprint density at radius 3 is 2.57 bits per heavy atom. The number of hydrogen-bond acceptors (Lipinski definition) is 4. The number of alkyl halides is 3. The van der Waals surface area contributed by atoms with Crippen molar-refractivity contribution in [3.8, 4) is 0 Å². The van der Waals surface area contributed by atoms with Gasteiger partial charge in [-0.25, -0.2) is 9.78 Å². The van der Waals surface area contributed by atoms with E-state index in [1.165, 1.54) is 13.3 Å². The van der Waals surface area contributed by atoms with Crippen LogP contribution in [-0.2, 0) is 4.74 Å². The van der Waals surface area contributed by atoms with Crippen molar-refractivity contribution in [1.29, 1.82) is 0 Å². The highest BCUT2D eigenvalue weighted by Gasteiger charge is 2.41. The Kier molecular flexibility index (Phi) is 4.69. The van der Waals surface area contributed by atoms with Crippen LogP contribution in [0.1, 0.15) is 36.0 Å². The Bertz CT molecular complexity index is 497. The number of hydrogen-bond donors (Lipinski definition) is 1. The zero-order valence-electron chi connectivity index (χ0n) is 11.6. The van der Waals surface area contributed by atoms with E-state index in [2.05, 4.69) is 15.0 Å². The molecule has 0 bridgehead atoms. The number of methoxy groups -OCH3 is 1. The van der Waals surface area contributed by atoms with Crippen molar-refractivity contribution in [3.05, 3.63) is 23.9 Å². The van der Waals surface area contributed by atoms with Gasteiger partial charge >= 0.3 is 12.1 Å². The van der Waals surface area contributed by atoms with E-state index < -0.39 is 18.1 Å². The molecule has 0 atom stereocenters. The molecule has 4 nitrogen and oxygen atoms in total. The number of anilines is 1. The highest BCUT2D eigenvalue weighted by Crippen LogP contribution is 2.38. The summed E-state index contributed by atoms with van der Waals surface area (Å²) < 4.78 is 42.5. The smallest absolute Gasteiger partial charge is 0.391 e. The number of carbonyl (C=O) groups is 1. The monoisotopic (exact) mass is 302 g/mol. The van der Waals surface area contributed by atoms with Crippen LogP contribution in [0.25, 0.3) is 0 Å². The maximum atomic E-state index is 12.6. The lowest BCUT2D eigenvalue weighted by atomic mass is 9.85. The van der Waals surface area contributed by atoms with Gasteiger partial charge in [-0.1, -0.05) is 0 Å². The van der Waals surface area contributed by atoms with E-state index in [0.29, 0.717) is 18.7 Å². The zero-order chi connectivity index (χ0) is 15.5. The fourth-order valence-electron chi connectivity index (χ4n) is 2.55. The normalized spacial score (nSPS) is 22.7. The Hall–Kier alpha value is -1.79. The van der Waals surface area contributed by atoms with E-state index in [1.807, 2.05) is 0 Å². The van der Waals surface area contributed by atoms with Gasteiger partial charge in [0.1, 0.15) is 11.4 Å². The number of carbonyl (C=O) groups excluding carboxylic acids is 1. The second-order valence-corrected chi connectivity index (χ2v) is 5.13. The van der Waals surface area contributed by atoms with Gasteiger partial charge in [0.15, 0.2) is 0 Å². The molecule has 7 heteroatoms. The SMILES string of the molecule is COC(=O)c1cccnc1NC1CCC(C(F)(F)F)CC1. The summed E-state index contributed by atoms with van der Waals surface area (Å²) in [6.45, 7) is 0. The van der Waals surface area contributed by atoms with Crippen molar-refractivity contribution in [2.45, 2.75) is 37.9 Å². The number of nitrogens with one attached hydrogen (secondary N) is 1. The van der Waals surface area contributed by atoms with Crippen LogP contribution in [0.2, 0.25) is 0 Å². The fourth-order valence-corrected chi connectivity index (χ4v) is 2.55. The highest BCUT2D eigenvalue weighted by molar-refractivity contribution is 5.94. The van der Waals surface area contributed by atoms with Crippen LogP contribution >= 0.6 is 0 Å². The topological polar surface area (TPSA) is 51.2 Å². The summed E-state index contributed by atoms with van der Waals surface area (Å²) in [5.74, 6) is -1.38. The van der Waals surface area contributed by atoms with Crippen molar-refractivity contribution < 1.29 is 22.7 Å². The number of esters is 1. The van der Waals surface area contributed by atoms with Crippen molar-refractivity contribution in [2.75, 3.05) is 12.4 Å². The molecule has 2 rings (SSSR count). The molecule has 1 N–H and O–H groups in total. The van der Waals surface area contributed by atoms with Crippen molar-refractivity contribution in [3.63, 3.8) is 0 Å². The molecule has 1 aliphatic carbocycles. The second-order valence-electron chi connectivity index (χ2n) is 5.13. The third-order valence-electron chi connectivity index (χ3n) is 3.74. The first-order chi connectivity index (χ1) is 9.91. The van der Waals surface area contributed by atoms with Crippen molar-refractivity contribution in [2.24, 2.45) is 5.92 Å². The third-order valence-corrected chi connectivity index (χ3v) is 3.74. The molecule has 21 heavy (non-hydrogen) atoms. The van der Waals surface area contributed by atoms with E-state index in [4.69, 9.17) is 0 Å². The van der Waals surface area contributed by atoms with Gasteiger partial charge in [0, 0.05) is 12.2 Å². The van der Waals surface area contributed by atoms with E-state index in [0.717, 1.165) is 0 Å². The third kappa shape index (κ3) is 3.86. The molecule has 0 unspecified atom stereocenters. The van der Waals surface area contributed by atoms with Crippen LogP contribution in [0, 0.1) is 5.92 Å². The predicted molar refractivity (Wildman–Crippen MR) is 71.0 cm³/mol. The zero-order valence-corrected chi connectivity index (χ0v) is 11.6. The van der Waals surface area contributed by atoms with Gasteiger partial charge in [0.05, 0.1) is 13.0 Å². The minimum Gasteiger partial charge on any atom is -0.465 e. The van der Waals surface area contributed by atoms with E-state index >= 15 is 0 Å². The molecule has 0 aromatic carbocycles. The minimum absolute atomic E-state index is 0.0988. The van der Waals surface area contributed by atoms with Crippen LogP contribution in [0.15, 0.2) is 18.3 Å². The maximum absolute atomic E-state index is 12.6. The average molecular weight is 302 g/mol. The van der Waals surface area contributed by atoms with Gasteiger partial charge in [-0.15, -0.1) is 0 Å². The number of ether oxygens (including phenoxy) is 1. The van der Waals surface area contributed by atoms with Gasteiger partial charge in [-0.3, -0.25) is 0 Å². The molecule has 0 aliphatic heterocycles. The molecule has 0 radical (unpaired) electrons. The molecule has 116 valence electrons. The Balaban J connectivity index is 2.00.